The van der Waals surface area contributed by atoms with E-state index in [9.17, 15) is 4.79 Å². The second-order valence-corrected chi connectivity index (χ2v) is 5.42. The monoisotopic (exact) mass is 317 g/mol. The summed E-state index contributed by atoms with van der Waals surface area (Å²) in [5.41, 5.74) is 1.66. The molecule has 1 atom stereocenters. The van der Waals surface area contributed by atoms with Crippen molar-refractivity contribution in [3.05, 3.63) is 70.7 Å². The van der Waals surface area contributed by atoms with Gasteiger partial charge in [-0.25, -0.2) is 0 Å². The largest absolute Gasteiger partial charge is 0.374 e. The molecule has 4 heteroatoms. The Morgan fingerprint density at radius 1 is 1.14 bits per heavy atom. The SMILES string of the molecule is CC(OCCCNC(=O)c1ccccc1Cl)c1ccccc1. The third kappa shape index (κ3) is 4.86. The third-order valence-electron chi connectivity index (χ3n) is 3.36. The van der Waals surface area contributed by atoms with Gasteiger partial charge in [-0.3, -0.25) is 4.79 Å². The highest BCUT2D eigenvalue weighted by Gasteiger charge is 2.09. The lowest BCUT2D eigenvalue weighted by Crippen LogP contribution is -2.25. The number of amides is 1. The van der Waals surface area contributed by atoms with Crippen LogP contribution >= 0.6 is 11.6 Å². The van der Waals surface area contributed by atoms with Crippen molar-refractivity contribution in [2.24, 2.45) is 0 Å². The molecule has 0 saturated carbocycles. The summed E-state index contributed by atoms with van der Waals surface area (Å²) >= 11 is 5.98. The van der Waals surface area contributed by atoms with Crippen molar-refractivity contribution in [2.45, 2.75) is 19.4 Å². The smallest absolute Gasteiger partial charge is 0.252 e. The summed E-state index contributed by atoms with van der Waals surface area (Å²) in [4.78, 5) is 11.9. The summed E-state index contributed by atoms with van der Waals surface area (Å²) < 4.78 is 5.76. The van der Waals surface area contributed by atoms with Gasteiger partial charge in [-0.05, 0) is 31.0 Å². The van der Waals surface area contributed by atoms with Crippen LogP contribution in [0.15, 0.2) is 54.6 Å². The first-order chi connectivity index (χ1) is 10.7. The molecule has 0 fully saturated rings. The van der Waals surface area contributed by atoms with Gasteiger partial charge in [-0.2, -0.15) is 0 Å². The van der Waals surface area contributed by atoms with Crippen LogP contribution in [-0.4, -0.2) is 19.1 Å². The van der Waals surface area contributed by atoms with Crippen LogP contribution in [0.5, 0.6) is 0 Å². The lowest BCUT2D eigenvalue weighted by atomic mass is 10.1. The Labute approximate surface area is 136 Å². The Hall–Kier alpha value is -1.84. The van der Waals surface area contributed by atoms with Gasteiger partial charge in [0.05, 0.1) is 16.7 Å². The van der Waals surface area contributed by atoms with Crippen LogP contribution in [0, 0.1) is 0 Å². The molecule has 3 nitrogen and oxygen atoms in total. The lowest BCUT2D eigenvalue weighted by Gasteiger charge is -2.13. The van der Waals surface area contributed by atoms with Gasteiger partial charge in [0.15, 0.2) is 0 Å². The number of hydrogen-bond acceptors (Lipinski definition) is 2. The van der Waals surface area contributed by atoms with Gasteiger partial charge in [-0.1, -0.05) is 54.1 Å². The standard InChI is InChI=1S/C18H20ClNO2/c1-14(15-8-3-2-4-9-15)22-13-7-12-20-18(21)16-10-5-6-11-17(16)19/h2-6,8-11,14H,7,12-13H2,1H3,(H,20,21). The van der Waals surface area contributed by atoms with E-state index in [2.05, 4.69) is 5.32 Å². The van der Waals surface area contributed by atoms with Crippen LogP contribution in [0.4, 0.5) is 0 Å². The highest BCUT2D eigenvalue weighted by molar-refractivity contribution is 6.33. The molecule has 0 radical (unpaired) electrons. The van der Waals surface area contributed by atoms with Gasteiger partial charge in [-0.15, -0.1) is 0 Å². The maximum Gasteiger partial charge on any atom is 0.252 e. The number of hydrogen-bond donors (Lipinski definition) is 1. The normalized spacial score (nSPS) is 11.9. The van der Waals surface area contributed by atoms with Crippen molar-refractivity contribution in [3.8, 4) is 0 Å². The van der Waals surface area contributed by atoms with E-state index in [1.807, 2.05) is 37.3 Å². The van der Waals surface area contributed by atoms with Crippen molar-refractivity contribution >= 4 is 17.5 Å². The summed E-state index contributed by atoms with van der Waals surface area (Å²) in [7, 11) is 0. The van der Waals surface area contributed by atoms with Gasteiger partial charge in [0.2, 0.25) is 0 Å². The fraction of sp³-hybridized carbons (Fsp3) is 0.278. The summed E-state index contributed by atoms with van der Waals surface area (Å²) in [5.74, 6) is -0.151. The molecule has 2 rings (SSSR count). The van der Waals surface area contributed by atoms with Crippen LogP contribution in [0.3, 0.4) is 0 Å². The summed E-state index contributed by atoms with van der Waals surface area (Å²) in [5, 5.41) is 3.32. The van der Waals surface area contributed by atoms with Gasteiger partial charge in [0.1, 0.15) is 0 Å². The van der Waals surface area contributed by atoms with E-state index < -0.39 is 0 Å². The van der Waals surface area contributed by atoms with Gasteiger partial charge >= 0.3 is 0 Å². The molecule has 0 spiro atoms. The molecule has 0 saturated heterocycles. The molecular formula is C18H20ClNO2. The third-order valence-corrected chi connectivity index (χ3v) is 3.69. The number of nitrogens with one attached hydrogen (secondary N) is 1. The maximum atomic E-state index is 11.9. The Morgan fingerprint density at radius 2 is 1.82 bits per heavy atom. The van der Waals surface area contributed by atoms with Crippen molar-refractivity contribution in [1.29, 1.82) is 0 Å². The number of ether oxygens (including phenoxy) is 1. The summed E-state index contributed by atoms with van der Waals surface area (Å²) in [6.07, 6.45) is 0.813. The Balaban J connectivity index is 1.67. The fourth-order valence-corrected chi connectivity index (χ4v) is 2.32. The van der Waals surface area contributed by atoms with Crippen molar-refractivity contribution in [3.63, 3.8) is 0 Å². The highest BCUT2D eigenvalue weighted by Crippen LogP contribution is 2.16. The van der Waals surface area contributed by atoms with Crippen LogP contribution < -0.4 is 5.32 Å². The number of halogens is 1. The molecule has 2 aromatic carbocycles. The zero-order chi connectivity index (χ0) is 15.8. The molecule has 1 amide bonds. The zero-order valence-corrected chi connectivity index (χ0v) is 13.3. The number of benzene rings is 2. The molecule has 116 valence electrons. The van der Waals surface area contributed by atoms with Crippen LogP contribution in [0.25, 0.3) is 0 Å². The minimum atomic E-state index is -0.151. The Bertz CT molecular complexity index is 601. The first-order valence-corrected chi connectivity index (χ1v) is 7.75. The van der Waals surface area contributed by atoms with Gasteiger partial charge < -0.3 is 10.1 Å². The molecule has 0 bridgehead atoms. The lowest BCUT2D eigenvalue weighted by molar-refractivity contribution is 0.0635. The average molecular weight is 318 g/mol. The number of rotatable bonds is 7. The predicted octanol–water partition coefficient (Wildman–Crippen LogP) is 4.24. The fourth-order valence-electron chi connectivity index (χ4n) is 2.10. The summed E-state index contributed by atoms with van der Waals surface area (Å²) in [6.45, 7) is 3.18. The molecule has 2 aromatic rings. The second kappa shape index (κ2) is 8.57. The van der Waals surface area contributed by atoms with E-state index in [-0.39, 0.29) is 12.0 Å². The predicted molar refractivity (Wildman–Crippen MR) is 89.2 cm³/mol. The Kier molecular flexibility index (Phi) is 6.44. The molecule has 0 aromatic heterocycles. The quantitative estimate of drug-likeness (QED) is 0.776. The summed E-state index contributed by atoms with van der Waals surface area (Å²) in [6, 6.07) is 17.1. The molecule has 0 heterocycles. The molecule has 0 aliphatic carbocycles. The highest BCUT2D eigenvalue weighted by atomic mass is 35.5. The average Bonchev–Trinajstić information content (AvgIpc) is 2.55. The van der Waals surface area contributed by atoms with E-state index in [0.29, 0.717) is 23.7 Å². The minimum absolute atomic E-state index is 0.0560. The topological polar surface area (TPSA) is 38.3 Å². The number of carbonyl (C=O) groups is 1. The van der Waals surface area contributed by atoms with E-state index >= 15 is 0 Å². The maximum absolute atomic E-state index is 11.9. The van der Waals surface area contributed by atoms with Crippen LogP contribution in [0.1, 0.15) is 35.4 Å². The van der Waals surface area contributed by atoms with Crippen molar-refractivity contribution < 1.29 is 9.53 Å². The minimum Gasteiger partial charge on any atom is -0.374 e. The van der Waals surface area contributed by atoms with Gasteiger partial charge in [0, 0.05) is 13.2 Å². The van der Waals surface area contributed by atoms with Crippen molar-refractivity contribution in [1.82, 2.24) is 5.32 Å². The molecule has 22 heavy (non-hydrogen) atoms. The van der Waals surface area contributed by atoms with E-state index in [4.69, 9.17) is 16.3 Å². The zero-order valence-electron chi connectivity index (χ0n) is 12.6. The van der Waals surface area contributed by atoms with Crippen molar-refractivity contribution in [2.75, 3.05) is 13.2 Å². The van der Waals surface area contributed by atoms with E-state index in [1.54, 1.807) is 24.3 Å². The molecule has 0 aliphatic rings. The van der Waals surface area contributed by atoms with Gasteiger partial charge in [0.25, 0.3) is 5.91 Å². The van der Waals surface area contributed by atoms with Crippen LogP contribution in [-0.2, 0) is 4.74 Å². The first-order valence-electron chi connectivity index (χ1n) is 7.38. The number of carbonyl (C=O) groups excluding carboxylic acids is 1. The molecule has 0 aliphatic heterocycles. The molecular weight excluding hydrogens is 298 g/mol. The van der Waals surface area contributed by atoms with E-state index in [0.717, 1.165) is 12.0 Å². The second-order valence-electron chi connectivity index (χ2n) is 5.01. The Morgan fingerprint density at radius 3 is 2.55 bits per heavy atom. The first kappa shape index (κ1) is 16.5. The molecule has 1 N–H and O–H groups in total. The van der Waals surface area contributed by atoms with Crippen LogP contribution in [0.2, 0.25) is 5.02 Å². The van der Waals surface area contributed by atoms with E-state index in [1.165, 1.54) is 0 Å². The molecule has 1 unspecified atom stereocenters.